The van der Waals surface area contributed by atoms with Crippen molar-refractivity contribution < 1.29 is 4.79 Å². The van der Waals surface area contributed by atoms with Crippen LogP contribution in [0.4, 0.5) is 0 Å². The number of aromatic amines is 1. The lowest BCUT2D eigenvalue weighted by atomic mass is 10.1. The Morgan fingerprint density at radius 2 is 1.83 bits per heavy atom. The fraction of sp³-hybridized carbons (Fsp3) is 0. The molecule has 23 heavy (non-hydrogen) atoms. The maximum atomic E-state index is 12.2. The maximum absolute atomic E-state index is 12.2. The normalized spacial score (nSPS) is 11.0. The van der Waals surface area contributed by atoms with Gasteiger partial charge in [0.25, 0.3) is 11.5 Å². The first-order valence-corrected chi connectivity index (χ1v) is 7.51. The van der Waals surface area contributed by atoms with Crippen molar-refractivity contribution in [3.63, 3.8) is 0 Å². The average molecular weight is 371 g/mol. The van der Waals surface area contributed by atoms with Crippen molar-refractivity contribution >= 4 is 38.8 Å². The molecule has 0 bridgehead atoms. The minimum atomic E-state index is -0.499. The number of rotatable bonds is 3. The lowest BCUT2D eigenvalue weighted by molar-refractivity contribution is 0.0951. The number of hydrogen-bond acceptors (Lipinski definition) is 4. The number of nitrogens with zero attached hydrogens (tertiary/aromatic N) is 2. The van der Waals surface area contributed by atoms with Crippen molar-refractivity contribution in [2.75, 3.05) is 0 Å². The number of hydrazone groups is 1. The molecule has 0 aliphatic heterocycles. The highest BCUT2D eigenvalue weighted by atomic mass is 79.9. The molecule has 0 saturated heterocycles. The second kappa shape index (κ2) is 6.53. The number of fused-ring (bicyclic) bond motifs is 1. The van der Waals surface area contributed by atoms with Crippen LogP contribution in [0, 0.1) is 0 Å². The topological polar surface area (TPSA) is 87.2 Å². The Labute approximate surface area is 139 Å². The maximum Gasteiger partial charge on any atom is 0.292 e. The molecule has 0 aliphatic rings. The van der Waals surface area contributed by atoms with Crippen molar-refractivity contribution in [3.05, 3.63) is 74.6 Å². The van der Waals surface area contributed by atoms with Crippen LogP contribution in [0.5, 0.6) is 0 Å². The van der Waals surface area contributed by atoms with Gasteiger partial charge in [0.2, 0.25) is 0 Å². The number of halogens is 1. The molecule has 114 valence electrons. The minimum Gasteiger partial charge on any atom is -0.267 e. The molecule has 0 aliphatic carbocycles. The van der Waals surface area contributed by atoms with Crippen LogP contribution in [0.1, 0.15) is 16.1 Å². The highest BCUT2D eigenvalue weighted by molar-refractivity contribution is 9.10. The molecule has 1 amide bonds. The van der Waals surface area contributed by atoms with Crippen molar-refractivity contribution in [1.82, 2.24) is 15.6 Å². The number of amides is 1. The summed E-state index contributed by atoms with van der Waals surface area (Å²) in [5.41, 5.74) is 3.01. The summed E-state index contributed by atoms with van der Waals surface area (Å²) in [6.45, 7) is 0. The summed E-state index contributed by atoms with van der Waals surface area (Å²) in [5, 5.41) is 10.9. The van der Waals surface area contributed by atoms with E-state index in [2.05, 4.69) is 36.7 Å². The first kappa shape index (κ1) is 15.1. The molecule has 2 N–H and O–H groups in total. The van der Waals surface area contributed by atoms with Crippen molar-refractivity contribution in [2.24, 2.45) is 5.10 Å². The van der Waals surface area contributed by atoms with Gasteiger partial charge < -0.3 is 0 Å². The van der Waals surface area contributed by atoms with E-state index in [9.17, 15) is 9.59 Å². The summed E-state index contributed by atoms with van der Waals surface area (Å²) < 4.78 is 0.866. The number of nitrogens with one attached hydrogen (secondary N) is 2. The third-order valence-corrected chi connectivity index (χ3v) is 3.91. The summed E-state index contributed by atoms with van der Waals surface area (Å²) >= 11 is 3.39. The lowest BCUT2D eigenvalue weighted by Gasteiger charge is -2.03. The van der Waals surface area contributed by atoms with Gasteiger partial charge >= 0.3 is 0 Å². The molecule has 1 heterocycles. The highest BCUT2D eigenvalue weighted by Gasteiger charge is 2.13. The predicted octanol–water partition coefficient (Wildman–Crippen LogP) is 2.45. The number of hydrogen-bond donors (Lipinski definition) is 2. The average Bonchev–Trinajstić information content (AvgIpc) is 2.57. The van der Waals surface area contributed by atoms with Crippen LogP contribution in [0.3, 0.4) is 0 Å². The number of aromatic nitrogens is 2. The van der Waals surface area contributed by atoms with Crippen LogP contribution in [0.2, 0.25) is 0 Å². The Bertz CT molecular complexity index is 965. The molecule has 0 saturated carbocycles. The Balaban J connectivity index is 1.86. The largest absolute Gasteiger partial charge is 0.292 e. The van der Waals surface area contributed by atoms with E-state index in [1.165, 1.54) is 6.21 Å². The summed E-state index contributed by atoms with van der Waals surface area (Å²) in [6, 6.07) is 14.3. The van der Waals surface area contributed by atoms with Crippen molar-refractivity contribution in [2.45, 2.75) is 0 Å². The van der Waals surface area contributed by atoms with E-state index in [1.807, 2.05) is 24.3 Å². The molecule has 0 fully saturated rings. The molecule has 6 nitrogen and oxygen atoms in total. The SMILES string of the molecule is O=C(N/N=C/c1ccccc1Br)c1n[nH]c(=O)c2ccccc12. The minimum absolute atomic E-state index is 0.115. The van der Waals surface area contributed by atoms with E-state index in [1.54, 1.807) is 24.3 Å². The van der Waals surface area contributed by atoms with Gasteiger partial charge in [0.05, 0.1) is 11.6 Å². The van der Waals surface area contributed by atoms with E-state index in [0.29, 0.717) is 10.8 Å². The van der Waals surface area contributed by atoms with E-state index in [-0.39, 0.29) is 11.3 Å². The zero-order valence-corrected chi connectivity index (χ0v) is 13.4. The summed E-state index contributed by atoms with van der Waals surface area (Å²) in [4.78, 5) is 23.9. The molecular weight excluding hydrogens is 360 g/mol. The van der Waals surface area contributed by atoms with Gasteiger partial charge in [-0.2, -0.15) is 10.2 Å². The molecule has 0 atom stereocenters. The van der Waals surface area contributed by atoms with Crippen molar-refractivity contribution in [3.8, 4) is 0 Å². The number of benzene rings is 2. The fourth-order valence-corrected chi connectivity index (χ4v) is 2.47. The van der Waals surface area contributed by atoms with Crippen LogP contribution >= 0.6 is 15.9 Å². The van der Waals surface area contributed by atoms with Crippen LogP contribution < -0.4 is 11.0 Å². The van der Waals surface area contributed by atoms with E-state index < -0.39 is 5.91 Å². The van der Waals surface area contributed by atoms with Crippen LogP contribution in [0.15, 0.2) is 62.9 Å². The van der Waals surface area contributed by atoms with E-state index in [4.69, 9.17) is 0 Å². The second-order valence-electron chi connectivity index (χ2n) is 4.67. The molecule has 2 aromatic carbocycles. The molecule has 0 unspecified atom stereocenters. The molecule has 0 radical (unpaired) electrons. The van der Waals surface area contributed by atoms with Crippen LogP contribution in [-0.4, -0.2) is 22.3 Å². The lowest BCUT2D eigenvalue weighted by Crippen LogP contribution is -2.22. The van der Waals surface area contributed by atoms with Gasteiger partial charge in [0, 0.05) is 15.4 Å². The van der Waals surface area contributed by atoms with E-state index >= 15 is 0 Å². The van der Waals surface area contributed by atoms with Gasteiger partial charge in [-0.15, -0.1) is 0 Å². The van der Waals surface area contributed by atoms with Gasteiger partial charge in [-0.05, 0) is 12.1 Å². The zero-order valence-electron chi connectivity index (χ0n) is 11.8. The Morgan fingerprint density at radius 3 is 2.61 bits per heavy atom. The monoisotopic (exact) mass is 370 g/mol. The smallest absolute Gasteiger partial charge is 0.267 e. The third-order valence-electron chi connectivity index (χ3n) is 3.19. The van der Waals surface area contributed by atoms with Gasteiger partial charge in [-0.1, -0.05) is 52.3 Å². The number of carbonyl (C=O) groups excluding carboxylic acids is 1. The summed E-state index contributed by atoms with van der Waals surface area (Å²) in [6.07, 6.45) is 1.52. The molecule has 3 rings (SSSR count). The van der Waals surface area contributed by atoms with Gasteiger partial charge in [0.15, 0.2) is 5.69 Å². The molecule has 3 aromatic rings. The number of carbonyl (C=O) groups is 1. The van der Waals surface area contributed by atoms with Gasteiger partial charge in [-0.3, -0.25) is 9.59 Å². The third kappa shape index (κ3) is 3.19. The quantitative estimate of drug-likeness (QED) is 0.548. The zero-order chi connectivity index (χ0) is 16.2. The predicted molar refractivity (Wildman–Crippen MR) is 91.6 cm³/mol. The first-order chi connectivity index (χ1) is 11.2. The Hall–Kier alpha value is -2.80. The Kier molecular flexibility index (Phi) is 4.29. The van der Waals surface area contributed by atoms with Gasteiger partial charge in [0.1, 0.15) is 0 Å². The Morgan fingerprint density at radius 1 is 1.13 bits per heavy atom. The molecule has 7 heteroatoms. The van der Waals surface area contributed by atoms with Crippen LogP contribution in [0.25, 0.3) is 10.8 Å². The summed E-state index contributed by atoms with van der Waals surface area (Å²) in [5.74, 6) is -0.499. The van der Waals surface area contributed by atoms with E-state index in [0.717, 1.165) is 10.0 Å². The molecular formula is C16H11BrN4O2. The van der Waals surface area contributed by atoms with Crippen molar-refractivity contribution in [1.29, 1.82) is 0 Å². The number of H-pyrrole nitrogens is 1. The fourth-order valence-electron chi connectivity index (χ4n) is 2.08. The van der Waals surface area contributed by atoms with Gasteiger partial charge in [-0.25, -0.2) is 10.5 Å². The first-order valence-electron chi connectivity index (χ1n) is 6.72. The standard InChI is InChI=1S/C16H11BrN4O2/c17-13-8-4-1-5-10(13)9-18-20-16(23)14-11-6-2-3-7-12(11)15(22)21-19-14/h1-9H,(H,20,23)(H,21,22)/b18-9+. The second-order valence-corrected chi connectivity index (χ2v) is 5.52. The van der Waals surface area contributed by atoms with Crippen LogP contribution in [-0.2, 0) is 0 Å². The molecule has 0 spiro atoms. The highest BCUT2D eigenvalue weighted by Crippen LogP contribution is 2.14. The molecule has 1 aromatic heterocycles. The summed E-state index contributed by atoms with van der Waals surface area (Å²) in [7, 11) is 0.